The summed E-state index contributed by atoms with van der Waals surface area (Å²) in [7, 11) is 1.79. The molecule has 1 aliphatic rings. The van der Waals surface area contributed by atoms with Gasteiger partial charge >= 0.3 is 0 Å². The minimum Gasteiger partial charge on any atom is -0.339 e. The second kappa shape index (κ2) is 6.36. The van der Waals surface area contributed by atoms with Gasteiger partial charge in [-0.25, -0.2) is 4.68 Å². The van der Waals surface area contributed by atoms with Crippen molar-refractivity contribution in [3.63, 3.8) is 0 Å². The number of hydrogen-bond donors (Lipinski definition) is 0. The Kier molecular flexibility index (Phi) is 4.79. The average molecular weight is 283 g/mol. The smallest absolute Gasteiger partial charge is 0.236 e. The van der Waals surface area contributed by atoms with Crippen LogP contribution in [0.15, 0.2) is 5.16 Å². The first-order valence-corrected chi connectivity index (χ1v) is 7.71. The molecule has 0 aromatic carbocycles. The van der Waals surface area contributed by atoms with Crippen LogP contribution in [0.4, 0.5) is 0 Å². The number of aromatic nitrogens is 4. The maximum absolute atomic E-state index is 12.5. The third kappa shape index (κ3) is 3.26. The zero-order valence-electron chi connectivity index (χ0n) is 11.7. The third-order valence-corrected chi connectivity index (χ3v) is 4.70. The molecular weight excluding hydrogens is 262 g/mol. The molecule has 1 aromatic heterocycles. The predicted octanol–water partition coefficient (Wildman–Crippen LogP) is 1.48. The van der Waals surface area contributed by atoms with Crippen molar-refractivity contribution < 1.29 is 4.79 Å². The molecule has 1 aliphatic heterocycles. The highest BCUT2D eigenvalue weighted by molar-refractivity contribution is 8.00. The van der Waals surface area contributed by atoms with Crippen molar-refractivity contribution in [2.75, 3.05) is 6.54 Å². The number of carbonyl (C=O) groups is 1. The van der Waals surface area contributed by atoms with Crippen LogP contribution in [0.5, 0.6) is 0 Å². The summed E-state index contributed by atoms with van der Waals surface area (Å²) in [5.74, 6) is 0.208. The van der Waals surface area contributed by atoms with Crippen molar-refractivity contribution in [2.24, 2.45) is 7.05 Å². The van der Waals surface area contributed by atoms with E-state index < -0.39 is 0 Å². The van der Waals surface area contributed by atoms with Crippen LogP contribution in [0.1, 0.15) is 39.5 Å². The zero-order valence-corrected chi connectivity index (χ0v) is 12.6. The lowest BCUT2D eigenvalue weighted by atomic mass is 10.00. The van der Waals surface area contributed by atoms with Crippen LogP contribution in [-0.4, -0.2) is 48.9 Å². The molecule has 2 rings (SSSR count). The fourth-order valence-electron chi connectivity index (χ4n) is 2.48. The van der Waals surface area contributed by atoms with E-state index in [2.05, 4.69) is 22.4 Å². The van der Waals surface area contributed by atoms with E-state index in [0.717, 1.165) is 25.8 Å². The highest BCUT2D eigenvalue weighted by Gasteiger charge is 2.29. The fraction of sp³-hybridized carbons (Fsp3) is 0.833. The Hall–Kier alpha value is -1.11. The monoisotopic (exact) mass is 283 g/mol. The summed E-state index contributed by atoms with van der Waals surface area (Å²) < 4.78 is 1.60. The van der Waals surface area contributed by atoms with Crippen molar-refractivity contribution in [3.8, 4) is 0 Å². The number of amides is 1. The van der Waals surface area contributed by atoms with E-state index in [0.29, 0.717) is 11.2 Å². The number of aryl methyl sites for hydroxylation is 1. The van der Waals surface area contributed by atoms with Crippen LogP contribution in [0, 0.1) is 0 Å². The van der Waals surface area contributed by atoms with Crippen molar-refractivity contribution in [1.29, 1.82) is 0 Å². The second-order valence-corrected chi connectivity index (χ2v) is 6.24. The normalized spacial score (nSPS) is 21.4. The topological polar surface area (TPSA) is 63.9 Å². The first kappa shape index (κ1) is 14.3. The van der Waals surface area contributed by atoms with Crippen LogP contribution in [0.25, 0.3) is 0 Å². The molecule has 2 atom stereocenters. The first-order valence-electron chi connectivity index (χ1n) is 6.83. The summed E-state index contributed by atoms with van der Waals surface area (Å²) >= 11 is 1.43. The third-order valence-electron chi connectivity index (χ3n) is 3.59. The predicted molar refractivity (Wildman–Crippen MR) is 73.8 cm³/mol. The average Bonchev–Trinajstić information content (AvgIpc) is 2.83. The summed E-state index contributed by atoms with van der Waals surface area (Å²) in [4.78, 5) is 14.6. The van der Waals surface area contributed by atoms with E-state index in [1.807, 2.05) is 11.8 Å². The minimum atomic E-state index is -0.142. The van der Waals surface area contributed by atoms with Gasteiger partial charge in [0.1, 0.15) is 0 Å². The number of piperidine rings is 1. The van der Waals surface area contributed by atoms with Gasteiger partial charge in [0.15, 0.2) is 0 Å². The van der Waals surface area contributed by atoms with Crippen LogP contribution >= 0.6 is 11.8 Å². The van der Waals surface area contributed by atoms with Crippen LogP contribution in [0.3, 0.4) is 0 Å². The Balaban J connectivity index is 2.00. The SMILES string of the molecule is CCC1CCCCN1C(=O)C(C)Sc1nnnn1C. The van der Waals surface area contributed by atoms with Gasteiger partial charge in [0.05, 0.1) is 5.25 Å². The lowest BCUT2D eigenvalue weighted by Gasteiger charge is -2.36. The molecule has 0 N–H and O–H groups in total. The van der Waals surface area contributed by atoms with E-state index in [1.165, 1.54) is 18.2 Å². The highest BCUT2D eigenvalue weighted by atomic mass is 32.2. The summed E-state index contributed by atoms with van der Waals surface area (Å²) in [6, 6.07) is 0.405. The Morgan fingerprint density at radius 1 is 1.53 bits per heavy atom. The van der Waals surface area contributed by atoms with Crippen molar-refractivity contribution in [3.05, 3.63) is 0 Å². The summed E-state index contributed by atoms with van der Waals surface area (Å²) in [6.07, 6.45) is 4.52. The van der Waals surface area contributed by atoms with E-state index in [1.54, 1.807) is 11.7 Å². The molecule has 19 heavy (non-hydrogen) atoms. The quantitative estimate of drug-likeness (QED) is 0.783. The van der Waals surface area contributed by atoms with Gasteiger partial charge < -0.3 is 4.90 Å². The molecular formula is C12H21N5OS. The second-order valence-electron chi connectivity index (χ2n) is 4.93. The molecule has 1 saturated heterocycles. The largest absolute Gasteiger partial charge is 0.339 e. The number of thioether (sulfide) groups is 1. The fourth-order valence-corrected chi connectivity index (χ4v) is 3.30. The lowest BCUT2D eigenvalue weighted by molar-refractivity contribution is -0.134. The van der Waals surface area contributed by atoms with Gasteiger partial charge in [0.25, 0.3) is 0 Å². The molecule has 0 saturated carbocycles. The summed E-state index contributed by atoms with van der Waals surface area (Å²) in [6.45, 7) is 4.98. The van der Waals surface area contributed by atoms with E-state index in [9.17, 15) is 4.79 Å². The summed E-state index contributed by atoms with van der Waals surface area (Å²) in [5, 5.41) is 11.8. The molecule has 6 nitrogen and oxygen atoms in total. The number of likely N-dealkylation sites (tertiary alicyclic amines) is 1. The molecule has 1 fully saturated rings. The molecule has 2 unspecified atom stereocenters. The van der Waals surface area contributed by atoms with Crippen LogP contribution in [-0.2, 0) is 11.8 Å². The highest BCUT2D eigenvalue weighted by Crippen LogP contribution is 2.26. The molecule has 0 spiro atoms. The molecule has 2 heterocycles. The van der Waals surface area contributed by atoms with E-state index in [-0.39, 0.29) is 11.2 Å². The van der Waals surface area contributed by atoms with Gasteiger partial charge in [-0.3, -0.25) is 4.79 Å². The summed E-state index contributed by atoms with van der Waals surface area (Å²) in [5.41, 5.74) is 0. The molecule has 0 bridgehead atoms. The standard InChI is InChI=1S/C12H21N5OS/c1-4-10-7-5-6-8-17(10)11(18)9(2)19-12-13-14-15-16(12)3/h9-10H,4-8H2,1-3H3. The first-order chi connectivity index (χ1) is 9.13. The maximum Gasteiger partial charge on any atom is 0.236 e. The van der Waals surface area contributed by atoms with Gasteiger partial charge in [-0.2, -0.15) is 0 Å². The molecule has 106 valence electrons. The maximum atomic E-state index is 12.5. The molecule has 0 aliphatic carbocycles. The van der Waals surface area contributed by atoms with Crippen LogP contribution < -0.4 is 0 Å². The van der Waals surface area contributed by atoms with Crippen LogP contribution in [0.2, 0.25) is 0 Å². The molecule has 0 radical (unpaired) electrons. The molecule has 1 aromatic rings. The lowest BCUT2D eigenvalue weighted by Crippen LogP contribution is -2.46. The molecule has 1 amide bonds. The van der Waals surface area contributed by atoms with E-state index in [4.69, 9.17) is 0 Å². The Morgan fingerprint density at radius 2 is 2.32 bits per heavy atom. The van der Waals surface area contributed by atoms with Gasteiger partial charge in [0, 0.05) is 19.6 Å². The number of tetrazole rings is 1. The Labute approximate surface area is 117 Å². The van der Waals surface area contributed by atoms with E-state index >= 15 is 0 Å². The van der Waals surface area contributed by atoms with Gasteiger partial charge in [0.2, 0.25) is 11.1 Å². The van der Waals surface area contributed by atoms with Crippen molar-refractivity contribution >= 4 is 17.7 Å². The van der Waals surface area contributed by atoms with Gasteiger partial charge in [-0.1, -0.05) is 18.7 Å². The molecule has 7 heteroatoms. The van der Waals surface area contributed by atoms with Gasteiger partial charge in [-0.15, -0.1) is 5.10 Å². The zero-order chi connectivity index (χ0) is 13.8. The number of rotatable bonds is 4. The van der Waals surface area contributed by atoms with Gasteiger partial charge in [-0.05, 0) is 43.0 Å². The van der Waals surface area contributed by atoms with Crippen molar-refractivity contribution in [1.82, 2.24) is 25.1 Å². The number of hydrogen-bond acceptors (Lipinski definition) is 5. The number of nitrogens with zero attached hydrogens (tertiary/aromatic N) is 5. The number of carbonyl (C=O) groups excluding carboxylic acids is 1. The Morgan fingerprint density at radius 3 is 2.95 bits per heavy atom. The Bertz CT molecular complexity index is 436. The minimum absolute atomic E-state index is 0.142. The van der Waals surface area contributed by atoms with Crippen molar-refractivity contribution in [2.45, 2.75) is 56.0 Å².